The van der Waals surface area contributed by atoms with Gasteiger partial charge in [0.2, 0.25) is 5.91 Å². The Hall–Kier alpha value is -3.39. The predicted octanol–water partition coefficient (Wildman–Crippen LogP) is 2.96. The van der Waals surface area contributed by atoms with Crippen LogP contribution in [0.3, 0.4) is 0 Å². The topological polar surface area (TPSA) is 90.5 Å². The summed E-state index contributed by atoms with van der Waals surface area (Å²) < 4.78 is 7.72. The van der Waals surface area contributed by atoms with Gasteiger partial charge in [0.1, 0.15) is 18.6 Å². The van der Waals surface area contributed by atoms with E-state index < -0.39 is 11.6 Å². The predicted molar refractivity (Wildman–Crippen MR) is 111 cm³/mol. The van der Waals surface area contributed by atoms with Gasteiger partial charge in [-0.3, -0.25) is 4.79 Å². The highest BCUT2D eigenvalue weighted by atomic mass is 35.5. The molecule has 148 valence electrons. The number of carbonyl (C=O) groups excluding carboxylic acids is 1. The normalized spacial score (nSPS) is 11.2. The lowest BCUT2D eigenvalue weighted by Gasteiger charge is -2.12. The standard InChI is InChI=1S/C20H18ClN5O3/c1-11-4-5-15-13(6-11)19-24-26(20(28)25(19)10-22-15)9-18(27)23-16-7-12(2)14(21)8-17(16)29-3/h4-8,10H,9H2,1-3H3,(H,23,27). The van der Waals surface area contributed by atoms with E-state index in [2.05, 4.69) is 15.4 Å². The lowest BCUT2D eigenvalue weighted by atomic mass is 10.2. The van der Waals surface area contributed by atoms with Crippen molar-refractivity contribution in [1.82, 2.24) is 19.2 Å². The summed E-state index contributed by atoms with van der Waals surface area (Å²) in [4.78, 5) is 29.5. The molecule has 0 atom stereocenters. The fourth-order valence-electron chi connectivity index (χ4n) is 3.13. The minimum Gasteiger partial charge on any atom is -0.495 e. The van der Waals surface area contributed by atoms with Gasteiger partial charge in [-0.15, -0.1) is 5.10 Å². The molecule has 0 aliphatic rings. The van der Waals surface area contributed by atoms with Crippen molar-refractivity contribution in [2.75, 3.05) is 12.4 Å². The van der Waals surface area contributed by atoms with Crippen LogP contribution in [0.2, 0.25) is 5.02 Å². The molecule has 0 saturated carbocycles. The van der Waals surface area contributed by atoms with Gasteiger partial charge in [-0.25, -0.2) is 18.9 Å². The molecule has 2 heterocycles. The second kappa shape index (κ2) is 7.21. The minimum atomic E-state index is -0.440. The Kier molecular flexibility index (Phi) is 4.71. The van der Waals surface area contributed by atoms with E-state index >= 15 is 0 Å². The van der Waals surface area contributed by atoms with Crippen LogP contribution in [-0.2, 0) is 11.3 Å². The van der Waals surface area contributed by atoms with E-state index in [1.165, 1.54) is 17.8 Å². The molecule has 8 nitrogen and oxygen atoms in total. The number of halogens is 1. The second-order valence-electron chi connectivity index (χ2n) is 6.75. The first-order valence-electron chi connectivity index (χ1n) is 8.86. The third kappa shape index (κ3) is 3.42. The van der Waals surface area contributed by atoms with Gasteiger partial charge in [0, 0.05) is 16.5 Å². The Morgan fingerprint density at radius 3 is 2.79 bits per heavy atom. The van der Waals surface area contributed by atoms with Crippen LogP contribution in [0.4, 0.5) is 5.69 Å². The molecule has 2 aromatic carbocycles. The molecular weight excluding hydrogens is 394 g/mol. The van der Waals surface area contributed by atoms with Gasteiger partial charge in [-0.1, -0.05) is 23.2 Å². The summed E-state index contributed by atoms with van der Waals surface area (Å²) in [5, 5.41) is 8.38. The number of hydrogen-bond acceptors (Lipinski definition) is 5. The third-order valence-corrected chi connectivity index (χ3v) is 5.03. The van der Waals surface area contributed by atoms with Crippen LogP contribution in [0.1, 0.15) is 11.1 Å². The van der Waals surface area contributed by atoms with Crippen molar-refractivity contribution in [3.05, 3.63) is 63.3 Å². The van der Waals surface area contributed by atoms with Crippen molar-refractivity contribution < 1.29 is 9.53 Å². The molecular formula is C20H18ClN5O3. The lowest BCUT2D eigenvalue weighted by Crippen LogP contribution is -2.28. The maximum Gasteiger partial charge on any atom is 0.352 e. The fourth-order valence-corrected chi connectivity index (χ4v) is 3.28. The van der Waals surface area contributed by atoms with Gasteiger partial charge >= 0.3 is 5.69 Å². The number of carbonyl (C=O) groups is 1. The number of rotatable bonds is 4. The molecule has 9 heteroatoms. The van der Waals surface area contributed by atoms with Gasteiger partial charge in [-0.05, 0) is 37.6 Å². The highest BCUT2D eigenvalue weighted by molar-refractivity contribution is 6.31. The molecule has 2 aromatic heterocycles. The number of benzene rings is 2. The van der Waals surface area contributed by atoms with Crippen molar-refractivity contribution >= 4 is 39.7 Å². The molecule has 1 N–H and O–H groups in total. The first-order chi connectivity index (χ1) is 13.9. The number of methoxy groups -OCH3 is 1. The number of aromatic nitrogens is 4. The number of anilines is 1. The zero-order valence-electron chi connectivity index (χ0n) is 16.1. The molecule has 0 aliphatic carbocycles. The summed E-state index contributed by atoms with van der Waals surface area (Å²) in [6.45, 7) is 3.52. The van der Waals surface area contributed by atoms with Crippen LogP contribution in [0, 0.1) is 13.8 Å². The van der Waals surface area contributed by atoms with Gasteiger partial charge in [0.05, 0.1) is 18.3 Å². The number of ether oxygens (including phenoxy) is 1. The highest BCUT2D eigenvalue weighted by Gasteiger charge is 2.15. The van der Waals surface area contributed by atoms with Crippen molar-refractivity contribution in [3.8, 4) is 5.75 Å². The van der Waals surface area contributed by atoms with E-state index in [-0.39, 0.29) is 6.54 Å². The molecule has 0 radical (unpaired) electrons. The number of fused-ring (bicyclic) bond motifs is 3. The summed E-state index contributed by atoms with van der Waals surface area (Å²) in [5.41, 5.74) is 3.03. The van der Waals surface area contributed by atoms with E-state index in [1.807, 2.05) is 32.0 Å². The Morgan fingerprint density at radius 2 is 2.03 bits per heavy atom. The number of nitrogens with zero attached hydrogens (tertiary/aromatic N) is 4. The Balaban J connectivity index is 1.68. The Morgan fingerprint density at radius 1 is 1.24 bits per heavy atom. The first kappa shape index (κ1) is 18.9. The molecule has 0 aliphatic heterocycles. The fraction of sp³-hybridized carbons (Fsp3) is 0.200. The van der Waals surface area contributed by atoms with Gasteiger partial charge in [0.25, 0.3) is 0 Å². The van der Waals surface area contributed by atoms with E-state index in [9.17, 15) is 9.59 Å². The third-order valence-electron chi connectivity index (χ3n) is 4.62. The average molecular weight is 412 g/mol. The molecule has 4 aromatic rings. The maximum absolute atomic E-state index is 12.7. The molecule has 4 rings (SSSR count). The molecule has 1 amide bonds. The SMILES string of the molecule is COc1cc(Cl)c(C)cc1NC(=O)Cn1nc2c3cc(C)ccc3ncn2c1=O. The second-order valence-corrected chi connectivity index (χ2v) is 7.16. The van der Waals surface area contributed by atoms with Crippen LogP contribution >= 0.6 is 11.6 Å². The monoisotopic (exact) mass is 411 g/mol. The van der Waals surface area contributed by atoms with E-state index in [4.69, 9.17) is 16.3 Å². The van der Waals surface area contributed by atoms with E-state index in [1.54, 1.807) is 12.1 Å². The van der Waals surface area contributed by atoms with E-state index in [0.717, 1.165) is 26.7 Å². The zero-order valence-corrected chi connectivity index (χ0v) is 16.8. The number of nitrogens with one attached hydrogen (secondary N) is 1. The first-order valence-corrected chi connectivity index (χ1v) is 9.23. The summed E-state index contributed by atoms with van der Waals surface area (Å²) >= 11 is 6.10. The maximum atomic E-state index is 12.7. The average Bonchev–Trinajstić information content (AvgIpc) is 3.00. The molecule has 0 unspecified atom stereocenters. The lowest BCUT2D eigenvalue weighted by molar-refractivity contribution is -0.117. The minimum absolute atomic E-state index is 0.251. The molecule has 0 fully saturated rings. The van der Waals surface area contributed by atoms with Crippen LogP contribution in [-0.4, -0.2) is 32.2 Å². The van der Waals surface area contributed by atoms with Crippen molar-refractivity contribution in [2.24, 2.45) is 0 Å². The summed E-state index contributed by atoms with van der Waals surface area (Å²) in [6.07, 6.45) is 1.42. The molecule has 0 saturated heterocycles. The van der Waals surface area contributed by atoms with Gasteiger partial charge < -0.3 is 10.1 Å². The van der Waals surface area contributed by atoms with Crippen LogP contribution < -0.4 is 15.7 Å². The highest BCUT2D eigenvalue weighted by Crippen LogP contribution is 2.30. The summed E-state index contributed by atoms with van der Waals surface area (Å²) in [7, 11) is 1.49. The largest absolute Gasteiger partial charge is 0.495 e. The van der Waals surface area contributed by atoms with Crippen molar-refractivity contribution in [1.29, 1.82) is 0 Å². The summed E-state index contributed by atoms with van der Waals surface area (Å²) in [5.74, 6) is 0.0194. The smallest absolute Gasteiger partial charge is 0.352 e. The zero-order chi connectivity index (χ0) is 20.7. The Bertz CT molecular complexity index is 1330. The molecule has 0 spiro atoms. The van der Waals surface area contributed by atoms with Gasteiger partial charge in [0.15, 0.2) is 5.65 Å². The van der Waals surface area contributed by atoms with Gasteiger partial charge in [-0.2, -0.15) is 0 Å². The number of aryl methyl sites for hydroxylation is 2. The number of amides is 1. The molecule has 0 bridgehead atoms. The van der Waals surface area contributed by atoms with Crippen molar-refractivity contribution in [2.45, 2.75) is 20.4 Å². The number of hydrogen-bond donors (Lipinski definition) is 1. The van der Waals surface area contributed by atoms with Crippen LogP contribution in [0.25, 0.3) is 16.6 Å². The Labute approximate surface area is 170 Å². The van der Waals surface area contributed by atoms with Crippen LogP contribution in [0.15, 0.2) is 41.5 Å². The quantitative estimate of drug-likeness (QED) is 0.557. The molecule has 29 heavy (non-hydrogen) atoms. The van der Waals surface area contributed by atoms with E-state index in [0.29, 0.717) is 22.1 Å². The summed E-state index contributed by atoms with van der Waals surface area (Å²) in [6, 6.07) is 9.07. The van der Waals surface area contributed by atoms with Crippen molar-refractivity contribution in [3.63, 3.8) is 0 Å². The van der Waals surface area contributed by atoms with Crippen LogP contribution in [0.5, 0.6) is 5.75 Å².